The summed E-state index contributed by atoms with van der Waals surface area (Å²) in [7, 11) is 0. The molecule has 0 aliphatic carbocycles. The molecule has 0 aromatic rings. The van der Waals surface area contributed by atoms with Gasteiger partial charge in [0.15, 0.2) is 0 Å². The van der Waals surface area contributed by atoms with E-state index in [4.69, 9.17) is 9.84 Å². The molecule has 0 aromatic carbocycles. The largest absolute Gasteiger partial charge is 0.463 e. The van der Waals surface area contributed by atoms with Crippen molar-refractivity contribution in [2.24, 2.45) is 0 Å². The zero-order chi connectivity index (χ0) is 18.6. The number of aliphatic hydroxyl groups is 1. The van der Waals surface area contributed by atoms with E-state index >= 15 is 0 Å². The van der Waals surface area contributed by atoms with Crippen LogP contribution in [0.1, 0.15) is 71.1 Å². The van der Waals surface area contributed by atoms with Gasteiger partial charge in [0.1, 0.15) is 0 Å². The van der Waals surface area contributed by atoms with Gasteiger partial charge in [0.25, 0.3) is 0 Å². The fraction of sp³-hybridized carbons (Fsp3) is 0.591. The number of esters is 1. The van der Waals surface area contributed by atoms with Crippen molar-refractivity contribution >= 4 is 5.97 Å². The predicted octanol–water partition coefficient (Wildman–Crippen LogP) is 5.67. The van der Waals surface area contributed by atoms with Gasteiger partial charge in [-0.1, -0.05) is 62.6 Å². The molecule has 3 heteroatoms. The lowest BCUT2D eigenvalue weighted by atomic mass is 10.0. The Morgan fingerprint density at radius 3 is 2.48 bits per heavy atom. The van der Waals surface area contributed by atoms with Gasteiger partial charge >= 0.3 is 5.97 Å². The van der Waals surface area contributed by atoms with Crippen LogP contribution < -0.4 is 0 Å². The smallest absolute Gasteiger partial charge is 0.330 e. The molecule has 0 radical (unpaired) electrons. The Balaban J connectivity index is 3.88. The molecule has 0 aliphatic heterocycles. The monoisotopic (exact) mass is 348 g/mol. The fourth-order valence-corrected chi connectivity index (χ4v) is 2.42. The maximum Gasteiger partial charge on any atom is 0.330 e. The molecule has 0 atom stereocenters. The summed E-state index contributed by atoms with van der Waals surface area (Å²) >= 11 is 0. The molecule has 0 spiro atoms. The molecule has 1 N–H and O–H groups in total. The van der Waals surface area contributed by atoms with Crippen LogP contribution in [0.4, 0.5) is 0 Å². The van der Waals surface area contributed by atoms with E-state index in [1.165, 1.54) is 24.5 Å². The van der Waals surface area contributed by atoms with E-state index in [-0.39, 0.29) is 5.97 Å². The SMILES string of the molecule is C=CC(=O)OCCCCCCC(=C/C=C\C)/C=C/CCCCCCO. The minimum Gasteiger partial charge on any atom is -0.463 e. The van der Waals surface area contributed by atoms with Crippen LogP contribution in [0, 0.1) is 0 Å². The standard InChI is InChI=1S/C22H36O3/c1-3-5-16-21(17-12-8-6-7-10-14-19-23)18-13-9-11-15-20-25-22(24)4-2/h3-5,12,16-17,23H,2,6-11,13-15,18-20H2,1H3/b5-3-,17-12+,21-16+. The first-order valence-corrected chi connectivity index (χ1v) is 9.63. The van der Waals surface area contributed by atoms with Crippen LogP contribution in [-0.4, -0.2) is 24.3 Å². The van der Waals surface area contributed by atoms with Gasteiger partial charge in [0, 0.05) is 12.7 Å². The topological polar surface area (TPSA) is 46.5 Å². The quantitative estimate of drug-likeness (QED) is 0.169. The summed E-state index contributed by atoms with van der Waals surface area (Å²) in [6.07, 6.45) is 23.0. The summed E-state index contributed by atoms with van der Waals surface area (Å²) in [6, 6.07) is 0. The van der Waals surface area contributed by atoms with Crippen molar-refractivity contribution in [1.29, 1.82) is 0 Å². The van der Waals surface area contributed by atoms with Crippen LogP contribution in [0.25, 0.3) is 0 Å². The second kappa shape index (κ2) is 18.7. The second-order valence-electron chi connectivity index (χ2n) is 6.13. The van der Waals surface area contributed by atoms with Crippen molar-refractivity contribution in [2.45, 2.75) is 71.1 Å². The number of carbonyl (C=O) groups is 1. The Morgan fingerprint density at radius 1 is 1.04 bits per heavy atom. The van der Waals surface area contributed by atoms with Crippen molar-refractivity contribution in [3.05, 3.63) is 48.6 Å². The van der Waals surface area contributed by atoms with E-state index in [1.54, 1.807) is 0 Å². The Kier molecular flexibility index (Phi) is 17.5. The van der Waals surface area contributed by atoms with E-state index in [0.29, 0.717) is 13.2 Å². The lowest BCUT2D eigenvalue weighted by Crippen LogP contribution is -2.01. The predicted molar refractivity (Wildman–Crippen MR) is 106 cm³/mol. The summed E-state index contributed by atoms with van der Waals surface area (Å²) in [5.41, 5.74) is 1.37. The zero-order valence-electron chi connectivity index (χ0n) is 15.9. The maximum absolute atomic E-state index is 10.9. The molecular formula is C22H36O3. The highest BCUT2D eigenvalue weighted by molar-refractivity contribution is 5.81. The highest BCUT2D eigenvalue weighted by Gasteiger charge is 1.97. The molecule has 0 fully saturated rings. The first kappa shape index (κ1) is 23.4. The van der Waals surface area contributed by atoms with Gasteiger partial charge in [-0.05, 0) is 51.0 Å². The normalized spacial score (nSPS) is 12.2. The van der Waals surface area contributed by atoms with Crippen LogP contribution >= 0.6 is 0 Å². The summed E-state index contributed by atoms with van der Waals surface area (Å²) in [5, 5.41) is 8.76. The molecule has 25 heavy (non-hydrogen) atoms. The zero-order valence-corrected chi connectivity index (χ0v) is 15.9. The van der Waals surface area contributed by atoms with E-state index < -0.39 is 0 Å². The summed E-state index contributed by atoms with van der Waals surface area (Å²) in [5.74, 6) is -0.335. The van der Waals surface area contributed by atoms with E-state index in [9.17, 15) is 4.79 Å². The third-order valence-corrected chi connectivity index (χ3v) is 3.88. The van der Waals surface area contributed by atoms with E-state index in [1.807, 2.05) is 6.92 Å². The molecule has 0 saturated heterocycles. The number of ether oxygens (including phenoxy) is 1. The Bertz CT molecular complexity index is 419. The lowest BCUT2D eigenvalue weighted by molar-refractivity contribution is -0.137. The third kappa shape index (κ3) is 17.0. The van der Waals surface area contributed by atoms with Crippen LogP contribution in [-0.2, 0) is 9.53 Å². The molecule has 0 bridgehead atoms. The number of unbranched alkanes of at least 4 members (excludes halogenated alkanes) is 7. The van der Waals surface area contributed by atoms with Gasteiger partial charge in [-0.25, -0.2) is 4.79 Å². The van der Waals surface area contributed by atoms with Crippen LogP contribution in [0.15, 0.2) is 48.6 Å². The van der Waals surface area contributed by atoms with Gasteiger partial charge in [0.05, 0.1) is 6.61 Å². The third-order valence-electron chi connectivity index (χ3n) is 3.88. The average Bonchev–Trinajstić information content (AvgIpc) is 2.63. The first-order chi connectivity index (χ1) is 12.2. The van der Waals surface area contributed by atoms with Crippen LogP contribution in [0.3, 0.4) is 0 Å². The number of allylic oxidation sites excluding steroid dienone is 6. The Morgan fingerprint density at radius 2 is 1.76 bits per heavy atom. The Hall–Kier alpha value is -1.61. The fourth-order valence-electron chi connectivity index (χ4n) is 2.42. The van der Waals surface area contributed by atoms with Gasteiger partial charge in [-0.3, -0.25) is 0 Å². The van der Waals surface area contributed by atoms with Crippen molar-refractivity contribution in [3.8, 4) is 0 Å². The maximum atomic E-state index is 10.9. The lowest BCUT2D eigenvalue weighted by Gasteiger charge is -2.04. The molecule has 0 rings (SSSR count). The molecule has 3 nitrogen and oxygen atoms in total. The molecule has 142 valence electrons. The molecule has 0 amide bonds. The molecule has 0 heterocycles. The molecular weight excluding hydrogens is 312 g/mol. The highest BCUT2D eigenvalue weighted by atomic mass is 16.5. The number of rotatable bonds is 16. The summed E-state index contributed by atoms with van der Waals surface area (Å²) < 4.78 is 4.97. The number of carbonyl (C=O) groups excluding carboxylic acids is 1. The molecule has 0 unspecified atom stereocenters. The van der Waals surface area contributed by atoms with Crippen molar-refractivity contribution < 1.29 is 14.6 Å². The molecule has 0 saturated carbocycles. The number of hydrogen-bond acceptors (Lipinski definition) is 3. The van der Waals surface area contributed by atoms with Gasteiger partial charge in [-0.15, -0.1) is 0 Å². The van der Waals surface area contributed by atoms with Gasteiger partial charge in [0.2, 0.25) is 0 Å². The molecule has 0 aromatic heterocycles. The highest BCUT2D eigenvalue weighted by Crippen LogP contribution is 2.13. The summed E-state index contributed by atoms with van der Waals surface area (Å²) in [4.78, 5) is 10.9. The Labute approximate surface area is 154 Å². The second-order valence-corrected chi connectivity index (χ2v) is 6.13. The number of aliphatic hydroxyl groups excluding tert-OH is 1. The first-order valence-electron chi connectivity index (χ1n) is 9.63. The average molecular weight is 349 g/mol. The van der Waals surface area contributed by atoms with E-state index in [0.717, 1.165) is 51.4 Å². The van der Waals surface area contributed by atoms with Crippen molar-refractivity contribution in [2.75, 3.05) is 13.2 Å². The van der Waals surface area contributed by atoms with Gasteiger partial charge < -0.3 is 9.84 Å². The number of hydrogen-bond donors (Lipinski definition) is 1. The van der Waals surface area contributed by atoms with Crippen LogP contribution in [0.2, 0.25) is 0 Å². The molecule has 0 aliphatic rings. The summed E-state index contributed by atoms with van der Waals surface area (Å²) in [6.45, 7) is 6.21. The van der Waals surface area contributed by atoms with Crippen molar-refractivity contribution in [1.82, 2.24) is 0 Å². The minimum absolute atomic E-state index is 0.308. The van der Waals surface area contributed by atoms with E-state index in [2.05, 4.69) is 37.0 Å². The van der Waals surface area contributed by atoms with Gasteiger partial charge in [-0.2, -0.15) is 0 Å². The van der Waals surface area contributed by atoms with Crippen molar-refractivity contribution in [3.63, 3.8) is 0 Å². The van der Waals surface area contributed by atoms with Crippen LogP contribution in [0.5, 0.6) is 0 Å². The minimum atomic E-state index is -0.335.